The van der Waals surface area contributed by atoms with E-state index in [0.29, 0.717) is 12.1 Å². The topological polar surface area (TPSA) is 12.0 Å². The van der Waals surface area contributed by atoms with Gasteiger partial charge in [-0.1, -0.05) is 43.0 Å². The van der Waals surface area contributed by atoms with Gasteiger partial charge in [0.25, 0.3) is 0 Å². The van der Waals surface area contributed by atoms with Gasteiger partial charge in [-0.05, 0) is 50.3 Å². The summed E-state index contributed by atoms with van der Waals surface area (Å²) in [6.45, 7) is 4.57. The molecular weight excluding hydrogens is 242 g/mol. The zero-order chi connectivity index (χ0) is 13.0. The van der Waals surface area contributed by atoms with Gasteiger partial charge < -0.3 is 5.32 Å². The molecule has 1 N–H and O–H groups in total. The molecule has 1 unspecified atom stereocenters. The number of hydrogen-bond donors (Lipinski definition) is 1. The predicted molar refractivity (Wildman–Crippen MR) is 79.0 cm³/mol. The van der Waals surface area contributed by atoms with E-state index in [1.54, 1.807) is 0 Å². The highest BCUT2D eigenvalue weighted by Gasteiger charge is 2.21. The molecule has 1 aromatic carbocycles. The van der Waals surface area contributed by atoms with Gasteiger partial charge in [0.2, 0.25) is 0 Å². The molecule has 1 fully saturated rings. The Morgan fingerprint density at radius 3 is 2.28 bits per heavy atom. The molecule has 18 heavy (non-hydrogen) atoms. The van der Waals surface area contributed by atoms with E-state index >= 15 is 0 Å². The fourth-order valence-corrected chi connectivity index (χ4v) is 3.14. The molecule has 0 radical (unpaired) electrons. The summed E-state index contributed by atoms with van der Waals surface area (Å²) in [5.41, 5.74) is 1.32. The minimum atomic E-state index is 0.402. The van der Waals surface area contributed by atoms with Gasteiger partial charge in [0.05, 0.1) is 0 Å². The average Bonchev–Trinajstić information content (AvgIpc) is 2.40. The van der Waals surface area contributed by atoms with Gasteiger partial charge in [-0.2, -0.15) is 0 Å². The van der Waals surface area contributed by atoms with Crippen molar-refractivity contribution in [2.75, 3.05) is 0 Å². The lowest BCUT2D eigenvalue weighted by molar-refractivity contribution is 0.268. The Kier molecular flexibility index (Phi) is 5.08. The summed E-state index contributed by atoms with van der Waals surface area (Å²) < 4.78 is 0. The van der Waals surface area contributed by atoms with Crippen molar-refractivity contribution in [3.05, 3.63) is 34.9 Å². The lowest BCUT2D eigenvalue weighted by Gasteiger charge is -2.30. The van der Waals surface area contributed by atoms with Crippen molar-refractivity contribution in [2.45, 2.75) is 58.0 Å². The standard InChI is InChI=1S/C16H24ClN/c1-12(14-6-4-3-5-7-14)18-13(2)15-8-10-16(17)11-9-15/h8-14,18H,3-7H2,1-2H3/t12?,13-/m0/s1. The van der Waals surface area contributed by atoms with E-state index in [0.717, 1.165) is 10.9 Å². The Labute approximate surface area is 116 Å². The smallest absolute Gasteiger partial charge is 0.0406 e. The van der Waals surface area contributed by atoms with Crippen LogP contribution in [0.1, 0.15) is 57.6 Å². The molecule has 2 heteroatoms. The first-order chi connectivity index (χ1) is 8.66. The first-order valence-corrected chi connectivity index (χ1v) is 7.56. The van der Waals surface area contributed by atoms with Crippen LogP contribution in [0.4, 0.5) is 0 Å². The first-order valence-electron chi connectivity index (χ1n) is 7.18. The summed E-state index contributed by atoms with van der Waals surface area (Å²) in [5.74, 6) is 0.855. The third-order valence-electron chi connectivity index (χ3n) is 4.24. The fourth-order valence-electron chi connectivity index (χ4n) is 3.01. The molecule has 100 valence electrons. The normalized spacial score (nSPS) is 20.6. The molecule has 0 bridgehead atoms. The molecule has 0 aromatic heterocycles. The lowest BCUT2D eigenvalue weighted by Crippen LogP contribution is -2.36. The van der Waals surface area contributed by atoms with Crippen molar-refractivity contribution in [2.24, 2.45) is 5.92 Å². The van der Waals surface area contributed by atoms with Crippen LogP contribution in [-0.4, -0.2) is 6.04 Å². The molecule has 2 atom stereocenters. The van der Waals surface area contributed by atoms with Crippen LogP contribution in [0.2, 0.25) is 5.02 Å². The quantitative estimate of drug-likeness (QED) is 0.811. The minimum Gasteiger partial charge on any atom is -0.307 e. The van der Waals surface area contributed by atoms with E-state index in [-0.39, 0.29) is 0 Å². The first kappa shape index (κ1) is 13.9. The maximum absolute atomic E-state index is 5.92. The summed E-state index contributed by atoms with van der Waals surface area (Å²) >= 11 is 5.92. The molecule has 0 amide bonds. The van der Waals surface area contributed by atoms with Crippen LogP contribution in [0.25, 0.3) is 0 Å². The number of halogens is 1. The van der Waals surface area contributed by atoms with Gasteiger partial charge in [-0.3, -0.25) is 0 Å². The van der Waals surface area contributed by atoms with E-state index in [2.05, 4.69) is 31.3 Å². The summed E-state index contributed by atoms with van der Waals surface area (Å²) in [4.78, 5) is 0. The van der Waals surface area contributed by atoms with E-state index in [9.17, 15) is 0 Å². The van der Waals surface area contributed by atoms with Crippen molar-refractivity contribution in [3.8, 4) is 0 Å². The molecule has 1 saturated carbocycles. The van der Waals surface area contributed by atoms with Gasteiger partial charge in [0, 0.05) is 17.1 Å². The number of benzene rings is 1. The lowest BCUT2D eigenvalue weighted by atomic mass is 9.84. The van der Waals surface area contributed by atoms with Crippen molar-refractivity contribution < 1.29 is 0 Å². The van der Waals surface area contributed by atoms with Crippen molar-refractivity contribution in [3.63, 3.8) is 0 Å². The molecular formula is C16H24ClN. The van der Waals surface area contributed by atoms with Crippen molar-refractivity contribution >= 4 is 11.6 Å². The van der Waals surface area contributed by atoms with E-state index < -0.39 is 0 Å². The fraction of sp³-hybridized carbons (Fsp3) is 0.625. The summed E-state index contributed by atoms with van der Waals surface area (Å²) in [6, 6.07) is 9.19. The third kappa shape index (κ3) is 3.73. The number of hydrogen-bond acceptors (Lipinski definition) is 1. The van der Waals surface area contributed by atoms with E-state index in [1.165, 1.54) is 37.7 Å². The van der Waals surface area contributed by atoms with Crippen LogP contribution in [0.3, 0.4) is 0 Å². The number of rotatable bonds is 4. The van der Waals surface area contributed by atoms with Crippen LogP contribution >= 0.6 is 11.6 Å². The summed E-state index contributed by atoms with van der Waals surface area (Å²) in [5, 5.41) is 4.55. The Bertz CT molecular complexity index is 354. The van der Waals surface area contributed by atoms with Gasteiger partial charge >= 0.3 is 0 Å². The van der Waals surface area contributed by atoms with Gasteiger partial charge in [0.15, 0.2) is 0 Å². The Morgan fingerprint density at radius 1 is 1.06 bits per heavy atom. The molecule has 2 rings (SSSR count). The second-order valence-corrected chi connectivity index (χ2v) is 6.06. The maximum Gasteiger partial charge on any atom is 0.0406 e. The zero-order valence-corrected chi connectivity index (χ0v) is 12.2. The average molecular weight is 266 g/mol. The van der Waals surface area contributed by atoms with Crippen LogP contribution in [0, 0.1) is 5.92 Å². The highest BCUT2D eigenvalue weighted by molar-refractivity contribution is 6.30. The molecule has 1 nitrogen and oxygen atoms in total. The monoisotopic (exact) mass is 265 g/mol. The molecule has 0 heterocycles. The minimum absolute atomic E-state index is 0.402. The van der Waals surface area contributed by atoms with Crippen molar-refractivity contribution in [1.29, 1.82) is 0 Å². The largest absolute Gasteiger partial charge is 0.307 e. The van der Waals surface area contributed by atoms with Gasteiger partial charge in [-0.25, -0.2) is 0 Å². The van der Waals surface area contributed by atoms with Crippen molar-refractivity contribution in [1.82, 2.24) is 5.32 Å². The van der Waals surface area contributed by atoms with E-state index in [4.69, 9.17) is 11.6 Å². The van der Waals surface area contributed by atoms with E-state index in [1.807, 2.05) is 12.1 Å². The zero-order valence-electron chi connectivity index (χ0n) is 11.5. The highest BCUT2D eigenvalue weighted by atomic mass is 35.5. The summed E-state index contributed by atoms with van der Waals surface area (Å²) in [7, 11) is 0. The van der Waals surface area contributed by atoms with Crippen LogP contribution in [0.15, 0.2) is 24.3 Å². The van der Waals surface area contributed by atoms with Gasteiger partial charge in [-0.15, -0.1) is 0 Å². The molecule has 0 saturated heterocycles. The molecule has 0 spiro atoms. The van der Waals surface area contributed by atoms with Crippen LogP contribution in [0.5, 0.6) is 0 Å². The second kappa shape index (κ2) is 6.58. The Balaban J connectivity index is 1.89. The highest BCUT2D eigenvalue weighted by Crippen LogP contribution is 2.27. The van der Waals surface area contributed by atoms with Crippen LogP contribution in [-0.2, 0) is 0 Å². The molecule has 0 aliphatic heterocycles. The van der Waals surface area contributed by atoms with Gasteiger partial charge in [0.1, 0.15) is 0 Å². The Morgan fingerprint density at radius 2 is 1.67 bits per heavy atom. The second-order valence-electron chi connectivity index (χ2n) is 5.63. The SMILES string of the molecule is CC(N[C@@H](C)c1ccc(Cl)cc1)C1CCCCC1. The molecule has 1 aliphatic carbocycles. The molecule has 1 aromatic rings. The third-order valence-corrected chi connectivity index (χ3v) is 4.49. The van der Waals surface area contributed by atoms with Crippen LogP contribution < -0.4 is 5.32 Å². The Hall–Kier alpha value is -0.530. The molecule has 1 aliphatic rings. The maximum atomic E-state index is 5.92. The summed E-state index contributed by atoms with van der Waals surface area (Å²) in [6.07, 6.45) is 7.02. The number of nitrogens with one attached hydrogen (secondary N) is 1. The predicted octanol–water partition coefficient (Wildman–Crippen LogP) is 4.96.